The van der Waals surface area contributed by atoms with Gasteiger partial charge in [0.05, 0.1) is 4.90 Å². The van der Waals surface area contributed by atoms with E-state index in [0.29, 0.717) is 12.1 Å². The van der Waals surface area contributed by atoms with E-state index < -0.39 is 15.6 Å². The van der Waals surface area contributed by atoms with Gasteiger partial charge in [0.2, 0.25) is 10.0 Å². The van der Waals surface area contributed by atoms with E-state index >= 15 is 0 Å². The van der Waals surface area contributed by atoms with Crippen LogP contribution in [0.15, 0.2) is 29.2 Å². The highest BCUT2D eigenvalue weighted by atomic mass is 32.2. The Bertz CT molecular complexity index is 619. The molecule has 0 unspecified atom stereocenters. The SMILES string of the molecule is CC(C)(CN)NC(=O)c1ccc(S(=O)(=O)NC2CC2)cc1. The second kappa shape index (κ2) is 5.75. The van der Waals surface area contributed by atoms with Gasteiger partial charge in [-0.25, -0.2) is 13.1 Å². The van der Waals surface area contributed by atoms with Crippen LogP contribution in [0.5, 0.6) is 0 Å². The largest absolute Gasteiger partial charge is 0.346 e. The van der Waals surface area contributed by atoms with E-state index in [4.69, 9.17) is 5.73 Å². The van der Waals surface area contributed by atoms with Crippen LogP contribution in [0.3, 0.4) is 0 Å². The lowest BCUT2D eigenvalue weighted by Crippen LogP contribution is -2.48. The number of hydrogen-bond acceptors (Lipinski definition) is 4. The van der Waals surface area contributed by atoms with Crippen molar-refractivity contribution in [2.45, 2.75) is 43.2 Å². The number of rotatable bonds is 6. The van der Waals surface area contributed by atoms with Crippen molar-refractivity contribution in [3.8, 4) is 0 Å². The third-order valence-corrected chi connectivity index (χ3v) is 4.82. The second-order valence-electron chi connectivity index (χ2n) is 5.96. The van der Waals surface area contributed by atoms with Crippen molar-refractivity contribution >= 4 is 15.9 Å². The van der Waals surface area contributed by atoms with Gasteiger partial charge in [-0.15, -0.1) is 0 Å². The molecule has 116 valence electrons. The van der Waals surface area contributed by atoms with Crippen molar-refractivity contribution in [2.24, 2.45) is 5.73 Å². The predicted octanol–water partition coefficient (Wildman–Crippen LogP) is 0.594. The Balaban J connectivity index is 2.09. The molecule has 21 heavy (non-hydrogen) atoms. The molecule has 0 aliphatic heterocycles. The summed E-state index contributed by atoms with van der Waals surface area (Å²) in [5, 5.41) is 2.79. The molecule has 7 heteroatoms. The lowest BCUT2D eigenvalue weighted by atomic mass is 10.1. The van der Waals surface area contributed by atoms with Gasteiger partial charge in [-0.2, -0.15) is 0 Å². The first kappa shape index (κ1) is 15.9. The monoisotopic (exact) mass is 311 g/mol. The number of carbonyl (C=O) groups is 1. The molecule has 0 saturated heterocycles. The number of carbonyl (C=O) groups excluding carboxylic acids is 1. The summed E-state index contributed by atoms with van der Waals surface area (Å²) in [7, 11) is -3.48. The Kier molecular flexibility index (Phi) is 4.36. The fraction of sp³-hybridized carbons (Fsp3) is 0.500. The van der Waals surface area contributed by atoms with E-state index in [9.17, 15) is 13.2 Å². The number of nitrogens with two attached hydrogens (primary N) is 1. The Hall–Kier alpha value is -1.44. The summed E-state index contributed by atoms with van der Waals surface area (Å²) in [4.78, 5) is 12.2. The maximum absolute atomic E-state index is 12.0. The fourth-order valence-corrected chi connectivity index (χ4v) is 3.01. The van der Waals surface area contributed by atoms with Gasteiger partial charge in [0.15, 0.2) is 0 Å². The summed E-state index contributed by atoms with van der Waals surface area (Å²) in [6.45, 7) is 3.96. The molecule has 6 nitrogen and oxygen atoms in total. The standard InChI is InChI=1S/C14H21N3O3S/c1-14(2,9-15)16-13(18)10-3-7-12(8-4-10)21(19,20)17-11-5-6-11/h3-4,7-8,11,17H,5-6,9,15H2,1-2H3,(H,16,18). The maximum Gasteiger partial charge on any atom is 0.251 e. The zero-order chi connectivity index (χ0) is 15.7. The topological polar surface area (TPSA) is 101 Å². The fourth-order valence-electron chi connectivity index (χ4n) is 1.70. The molecule has 0 spiro atoms. The average Bonchev–Trinajstić information content (AvgIpc) is 3.21. The molecule has 4 N–H and O–H groups in total. The van der Waals surface area contributed by atoms with Gasteiger partial charge >= 0.3 is 0 Å². The van der Waals surface area contributed by atoms with Crippen LogP contribution in [0.1, 0.15) is 37.0 Å². The summed E-state index contributed by atoms with van der Waals surface area (Å²) in [6, 6.07) is 5.94. The third kappa shape index (κ3) is 4.26. The van der Waals surface area contributed by atoms with E-state index in [1.54, 1.807) is 0 Å². The van der Waals surface area contributed by atoms with Crippen LogP contribution >= 0.6 is 0 Å². The molecule has 0 bridgehead atoms. The van der Waals surface area contributed by atoms with Crippen LogP contribution < -0.4 is 15.8 Å². The minimum absolute atomic E-state index is 0.0586. The lowest BCUT2D eigenvalue weighted by Gasteiger charge is -2.24. The van der Waals surface area contributed by atoms with Crippen molar-refractivity contribution in [1.82, 2.24) is 10.0 Å². The van der Waals surface area contributed by atoms with Gasteiger partial charge in [0.1, 0.15) is 0 Å². The van der Waals surface area contributed by atoms with Crippen LogP contribution in [0.4, 0.5) is 0 Å². The Labute approximate surface area is 125 Å². The van der Waals surface area contributed by atoms with Gasteiger partial charge in [-0.05, 0) is 51.0 Å². The first-order valence-electron chi connectivity index (χ1n) is 6.88. The molecule has 1 aromatic carbocycles. The quantitative estimate of drug-likeness (QED) is 0.716. The molecular weight excluding hydrogens is 290 g/mol. The van der Waals surface area contributed by atoms with Gasteiger partial charge in [0.25, 0.3) is 5.91 Å². The number of nitrogens with one attached hydrogen (secondary N) is 2. The number of amides is 1. The molecule has 1 amide bonds. The lowest BCUT2D eigenvalue weighted by molar-refractivity contribution is 0.0915. The third-order valence-electron chi connectivity index (χ3n) is 3.29. The molecule has 1 aliphatic rings. The van der Waals surface area contributed by atoms with E-state index in [-0.39, 0.29) is 16.8 Å². The van der Waals surface area contributed by atoms with Crippen LogP contribution in [-0.2, 0) is 10.0 Å². The number of benzene rings is 1. The summed E-state index contributed by atoms with van der Waals surface area (Å²) in [5.41, 5.74) is 5.46. The number of hydrogen-bond donors (Lipinski definition) is 3. The predicted molar refractivity (Wildman–Crippen MR) is 80.4 cm³/mol. The van der Waals surface area contributed by atoms with Crippen LogP contribution in [-0.4, -0.2) is 32.5 Å². The zero-order valence-corrected chi connectivity index (χ0v) is 13.0. The van der Waals surface area contributed by atoms with Gasteiger partial charge in [-0.1, -0.05) is 0 Å². The minimum atomic E-state index is -3.48. The molecule has 0 atom stereocenters. The molecule has 1 saturated carbocycles. The Morgan fingerprint density at radius 3 is 2.33 bits per heavy atom. The summed E-state index contributed by atoms with van der Waals surface area (Å²) < 4.78 is 26.6. The van der Waals surface area contributed by atoms with Gasteiger partial charge in [0, 0.05) is 23.7 Å². The highest BCUT2D eigenvalue weighted by molar-refractivity contribution is 7.89. The van der Waals surface area contributed by atoms with E-state index in [0.717, 1.165) is 12.8 Å². The molecule has 1 aliphatic carbocycles. The Morgan fingerprint density at radius 2 is 1.86 bits per heavy atom. The molecule has 1 fully saturated rings. The molecule has 1 aromatic rings. The van der Waals surface area contributed by atoms with Crippen LogP contribution in [0.2, 0.25) is 0 Å². The van der Waals surface area contributed by atoms with E-state index in [1.807, 2.05) is 13.8 Å². The molecular formula is C14H21N3O3S. The van der Waals surface area contributed by atoms with Crippen LogP contribution in [0, 0.1) is 0 Å². The van der Waals surface area contributed by atoms with Crippen molar-refractivity contribution in [1.29, 1.82) is 0 Å². The first-order chi connectivity index (χ1) is 9.73. The van der Waals surface area contributed by atoms with Crippen molar-refractivity contribution in [3.05, 3.63) is 29.8 Å². The van der Waals surface area contributed by atoms with Gasteiger partial charge in [-0.3, -0.25) is 4.79 Å². The second-order valence-corrected chi connectivity index (χ2v) is 7.68. The summed E-state index contributed by atoms with van der Waals surface area (Å²) in [5.74, 6) is -0.274. The van der Waals surface area contributed by atoms with Gasteiger partial charge < -0.3 is 11.1 Å². The maximum atomic E-state index is 12.0. The Morgan fingerprint density at radius 1 is 1.29 bits per heavy atom. The summed E-state index contributed by atoms with van der Waals surface area (Å²) >= 11 is 0. The smallest absolute Gasteiger partial charge is 0.251 e. The van der Waals surface area contributed by atoms with Crippen molar-refractivity contribution in [3.63, 3.8) is 0 Å². The van der Waals surface area contributed by atoms with Crippen molar-refractivity contribution < 1.29 is 13.2 Å². The minimum Gasteiger partial charge on any atom is -0.346 e. The zero-order valence-electron chi connectivity index (χ0n) is 12.2. The normalized spacial score (nSPS) is 15.8. The molecule has 0 heterocycles. The highest BCUT2D eigenvalue weighted by Gasteiger charge is 2.28. The highest BCUT2D eigenvalue weighted by Crippen LogP contribution is 2.22. The van der Waals surface area contributed by atoms with Crippen molar-refractivity contribution in [2.75, 3.05) is 6.54 Å². The molecule has 0 aromatic heterocycles. The molecule has 0 radical (unpaired) electrons. The summed E-state index contributed by atoms with van der Waals surface area (Å²) in [6.07, 6.45) is 1.77. The average molecular weight is 311 g/mol. The van der Waals surface area contributed by atoms with E-state index in [2.05, 4.69) is 10.0 Å². The van der Waals surface area contributed by atoms with E-state index in [1.165, 1.54) is 24.3 Å². The van der Waals surface area contributed by atoms with Crippen LogP contribution in [0.25, 0.3) is 0 Å². The number of sulfonamides is 1. The first-order valence-corrected chi connectivity index (χ1v) is 8.37. The molecule has 2 rings (SSSR count).